The lowest BCUT2D eigenvalue weighted by atomic mass is 9.32. The molecular weight excluding hydrogens is 464 g/mol. The molecule has 0 unspecified atom stereocenters. The molecule has 0 aromatic heterocycles. The minimum absolute atomic E-state index is 0.0470. The molecule has 5 nitrogen and oxygen atoms in total. The van der Waals surface area contributed by atoms with Crippen LogP contribution >= 0.6 is 0 Å². The van der Waals surface area contributed by atoms with Gasteiger partial charge in [0.1, 0.15) is 6.10 Å². The number of esters is 1. The maximum absolute atomic E-state index is 12.8. The first kappa shape index (κ1) is 27.2. The first-order valence-corrected chi connectivity index (χ1v) is 14.8. The van der Waals surface area contributed by atoms with Crippen molar-refractivity contribution < 1.29 is 24.5 Å². The molecule has 208 valence electrons. The maximum atomic E-state index is 12.8. The highest BCUT2D eigenvalue weighted by molar-refractivity contribution is 5.76. The van der Waals surface area contributed by atoms with Gasteiger partial charge in [-0.05, 0) is 116 Å². The second-order valence-electron chi connectivity index (χ2n) is 15.3. The summed E-state index contributed by atoms with van der Waals surface area (Å²) >= 11 is 0. The highest BCUT2D eigenvalue weighted by atomic mass is 16.6. The number of carbonyl (C=O) groups is 2. The molecule has 5 aliphatic rings. The molecule has 0 bridgehead atoms. The zero-order valence-corrected chi connectivity index (χ0v) is 24.2. The SMILES string of the molecule is C=C(C)[C@@H]1CC[C@]2(C(=O)O)CC[C@]3(C)[C@H](CC[C@@H]4[C@@]5(C)C[C@@H](OC(C)=O)[C@H](O)C(C)(C)[C@H]5CC[C@]43C)[C@@H]12. The van der Waals surface area contributed by atoms with Crippen molar-refractivity contribution in [3.05, 3.63) is 12.2 Å². The van der Waals surface area contributed by atoms with Crippen LogP contribution in [-0.2, 0) is 14.3 Å². The van der Waals surface area contributed by atoms with Crippen LogP contribution in [0.15, 0.2) is 12.2 Å². The van der Waals surface area contributed by atoms with Crippen LogP contribution in [-0.4, -0.2) is 34.4 Å². The van der Waals surface area contributed by atoms with E-state index in [1.165, 1.54) is 6.92 Å². The number of fused-ring (bicyclic) bond motifs is 7. The number of aliphatic hydroxyl groups excluding tert-OH is 1. The molecule has 0 aromatic rings. The quantitative estimate of drug-likeness (QED) is 0.326. The van der Waals surface area contributed by atoms with Gasteiger partial charge in [-0.25, -0.2) is 0 Å². The summed E-state index contributed by atoms with van der Waals surface area (Å²) in [4.78, 5) is 24.8. The van der Waals surface area contributed by atoms with E-state index in [9.17, 15) is 19.8 Å². The van der Waals surface area contributed by atoms with Gasteiger partial charge in [0.25, 0.3) is 0 Å². The van der Waals surface area contributed by atoms with Gasteiger partial charge in [0.15, 0.2) is 0 Å². The van der Waals surface area contributed by atoms with Crippen LogP contribution in [0.5, 0.6) is 0 Å². The molecule has 0 spiro atoms. The van der Waals surface area contributed by atoms with Crippen molar-refractivity contribution in [3.8, 4) is 0 Å². The van der Waals surface area contributed by atoms with Crippen LogP contribution in [0.25, 0.3) is 0 Å². The fourth-order valence-electron chi connectivity index (χ4n) is 11.9. The number of hydrogen-bond acceptors (Lipinski definition) is 4. The van der Waals surface area contributed by atoms with Gasteiger partial charge >= 0.3 is 11.9 Å². The first-order valence-electron chi connectivity index (χ1n) is 14.8. The Labute approximate surface area is 223 Å². The third-order valence-corrected chi connectivity index (χ3v) is 13.7. The minimum atomic E-state index is -0.661. The van der Waals surface area contributed by atoms with Gasteiger partial charge in [0.2, 0.25) is 0 Å². The lowest BCUT2D eigenvalue weighted by molar-refractivity contribution is -0.265. The molecule has 5 saturated carbocycles. The number of hydrogen-bond donors (Lipinski definition) is 2. The fraction of sp³-hybridized carbons (Fsp3) is 0.875. The van der Waals surface area contributed by atoms with Gasteiger partial charge in [0.05, 0.1) is 11.5 Å². The topological polar surface area (TPSA) is 83.8 Å². The Morgan fingerprint density at radius 3 is 2.14 bits per heavy atom. The van der Waals surface area contributed by atoms with Crippen molar-refractivity contribution in [2.75, 3.05) is 0 Å². The lowest BCUT2D eigenvalue weighted by Gasteiger charge is -2.73. The molecule has 0 amide bonds. The lowest BCUT2D eigenvalue weighted by Crippen LogP contribution is -2.68. The summed E-state index contributed by atoms with van der Waals surface area (Å²) in [6, 6.07) is 0. The molecule has 5 aliphatic carbocycles. The average molecular weight is 515 g/mol. The third kappa shape index (κ3) is 3.37. The van der Waals surface area contributed by atoms with Crippen molar-refractivity contribution in [2.45, 2.75) is 118 Å². The van der Waals surface area contributed by atoms with E-state index in [0.717, 1.165) is 56.9 Å². The number of carboxylic acids is 1. The zero-order chi connectivity index (χ0) is 27.3. The Morgan fingerprint density at radius 1 is 0.865 bits per heavy atom. The molecule has 0 radical (unpaired) electrons. The Bertz CT molecular complexity index is 1000. The Balaban J connectivity index is 1.56. The third-order valence-electron chi connectivity index (χ3n) is 13.7. The predicted molar refractivity (Wildman–Crippen MR) is 144 cm³/mol. The summed E-state index contributed by atoms with van der Waals surface area (Å²) in [5.74, 6) is 0.754. The van der Waals surface area contributed by atoms with Gasteiger partial charge in [-0.15, -0.1) is 0 Å². The van der Waals surface area contributed by atoms with E-state index in [1.54, 1.807) is 0 Å². The molecular formula is C32H50O5. The van der Waals surface area contributed by atoms with Crippen LogP contribution in [0.3, 0.4) is 0 Å². The summed E-state index contributed by atoms with van der Waals surface area (Å²) in [6.45, 7) is 19.7. The molecule has 2 N–H and O–H groups in total. The minimum Gasteiger partial charge on any atom is -0.481 e. The van der Waals surface area contributed by atoms with Gasteiger partial charge in [-0.2, -0.15) is 0 Å². The predicted octanol–water partition coefficient (Wildman–Crippen LogP) is 6.63. The number of aliphatic carboxylic acids is 1. The Kier molecular flexibility index (Phi) is 6.12. The smallest absolute Gasteiger partial charge is 0.309 e. The molecule has 0 aromatic carbocycles. The monoisotopic (exact) mass is 514 g/mol. The van der Waals surface area contributed by atoms with E-state index < -0.39 is 23.6 Å². The Morgan fingerprint density at radius 2 is 1.54 bits per heavy atom. The molecule has 0 aliphatic heterocycles. The molecule has 37 heavy (non-hydrogen) atoms. The van der Waals surface area contributed by atoms with Gasteiger partial charge < -0.3 is 14.9 Å². The summed E-state index contributed by atoms with van der Waals surface area (Å²) in [5.41, 5.74) is 0.306. The van der Waals surface area contributed by atoms with E-state index in [0.29, 0.717) is 30.1 Å². The highest BCUT2D eigenvalue weighted by Crippen LogP contribution is 2.77. The van der Waals surface area contributed by atoms with Crippen LogP contribution < -0.4 is 0 Å². The molecule has 0 saturated heterocycles. The standard InChI is InChI=1S/C32H50O5/c1-18(2)20-11-14-32(27(35)36)16-15-30(7)21(25(20)32)9-10-24-29(6)17-22(37-19(3)33)26(34)28(4,5)23(29)12-13-31(24,30)8/h20-26,34H,1,9-17H2,2-8H3,(H,35,36)/t20-,21+,22+,23+,24+,25+,26-,29-,30+,31+,32-/m0/s1. The van der Waals surface area contributed by atoms with E-state index in [1.807, 2.05) is 0 Å². The van der Waals surface area contributed by atoms with E-state index in [-0.39, 0.29) is 33.5 Å². The number of aliphatic hydroxyl groups is 1. The van der Waals surface area contributed by atoms with Crippen molar-refractivity contribution in [1.82, 2.24) is 0 Å². The van der Waals surface area contributed by atoms with Crippen molar-refractivity contribution >= 4 is 11.9 Å². The second kappa shape index (κ2) is 8.32. The highest BCUT2D eigenvalue weighted by Gasteiger charge is 2.72. The maximum Gasteiger partial charge on any atom is 0.309 e. The van der Waals surface area contributed by atoms with E-state index in [4.69, 9.17) is 4.74 Å². The van der Waals surface area contributed by atoms with Crippen molar-refractivity contribution in [1.29, 1.82) is 0 Å². The molecule has 11 atom stereocenters. The van der Waals surface area contributed by atoms with Crippen LogP contribution in [0, 0.1) is 56.7 Å². The summed E-state index contributed by atoms with van der Waals surface area (Å²) < 4.78 is 5.77. The second-order valence-corrected chi connectivity index (χ2v) is 15.3. The summed E-state index contributed by atoms with van der Waals surface area (Å²) in [6.07, 6.45) is 7.36. The molecule has 0 heterocycles. The number of ether oxygens (including phenoxy) is 1. The van der Waals surface area contributed by atoms with Crippen LogP contribution in [0.2, 0.25) is 0 Å². The van der Waals surface area contributed by atoms with Gasteiger partial charge in [0, 0.05) is 6.92 Å². The number of carbonyl (C=O) groups excluding carboxylic acids is 1. The molecule has 5 fully saturated rings. The number of carboxylic acid groups (broad SMARTS) is 1. The fourth-order valence-corrected chi connectivity index (χ4v) is 11.9. The number of rotatable bonds is 3. The number of allylic oxidation sites excluding steroid dienone is 1. The average Bonchev–Trinajstić information content (AvgIpc) is 3.19. The normalized spacial score (nSPS) is 52.2. The van der Waals surface area contributed by atoms with Crippen LogP contribution in [0.4, 0.5) is 0 Å². The summed E-state index contributed by atoms with van der Waals surface area (Å²) in [5, 5.41) is 21.9. The zero-order valence-electron chi connectivity index (χ0n) is 24.2. The summed E-state index contributed by atoms with van der Waals surface area (Å²) in [7, 11) is 0. The first-order chi connectivity index (χ1) is 17.1. The van der Waals surface area contributed by atoms with Gasteiger partial charge in [-0.3, -0.25) is 9.59 Å². The molecule has 5 rings (SSSR count). The van der Waals surface area contributed by atoms with E-state index >= 15 is 0 Å². The Hall–Kier alpha value is -1.36. The largest absolute Gasteiger partial charge is 0.481 e. The van der Waals surface area contributed by atoms with Crippen molar-refractivity contribution in [2.24, 2.45) is 56.7 Å². The van der Waals surface area contributed by atoms with Crippen molar-refractivity contribution in [3.63, 3.8) is 0 Å². The van der Waals surface area contributed by atoms with E-state index in [2.05, 4.69) is 48.1 Å². The van der Waals surface area contributed by atoms with Gasteiger partial charge in [-0.1, -0.05) is 46.8 Å². The van der Waals surface area contributed by atoms with Crippen LogP contribution in [0.1, 0.15) is 106 Å². The molecule has 5 heteroatoms.